The largest absolute Gasteiger partial charge is 0.494 e. The summed E-state index contributed by atoms with van der Waals surface area (Å²) in [7, 11) is -0.738. The van der Waals surface area contributed by atoms with Gasteiger partial charge < -0.3 is 26.0 Å². The van der Waals surface area contributed by atoms with Crippen molar-refractivity contribution in [2.45, 2.75) is 101 Å². The Morgan fingerprint density at radius 1 is 0.197 bits per heavy atom. The molecule has 8 aliphatic rings. The van der Waals surface area contributed by atoms with Crippen LogP contribution in [0.5, 0.6) is 0 Å². The van der Waals surface area contributed by atoms with Gasteiger partial charge in [-0.1, -0.05) is 376 Å². The Kier molecular flexibility index (Phi) is 21.9. The molecule has 5 heterocycles. The zero-order chi connectivity index (χ0) is 88.9. The standard InChI is InChI=1S/C63H41N5.C32H36B2O4.C22H15ClN2.CH3/c1-5-15-40(16-6-1)42-25-29-44(30-26-42)56-39-57(65-60(64-56)45-19-9-3-10-20-45)48-33-35-52-54(37-48)58-50-23-13-14-24-51(50)59(52)55-38-49(34-36-53(55)58)63-67-61(46-21-11-4-12-22-46)66-62(68-63)47-31-27-43(28-32-47)41-17-7-2-8-18-41;1-29(2)30(3,4)36-33(35-29)19-13-15-23-25(17-19)27-21-11-9-10-12-22(21)28(23)26-18-20(14-16-24(26)27)34-37-31(5,6)32(7,8)38-34;23-21-15-20(24-22(25-21)19-9-5-2-6-10-19)18-13-11-17(12-14-18)16-7-3-1-4-8-16;/h1-39,58-59H;9-18,27-28H,1-8H3;1-15H;1H3/q;;;-1. The van der Waals surface area contributed by atoms with Gasteiger partial charge in [-0.15, -0.1) is 0 Å². The van der Waals surface area contributed by atoms with Gasteiger partial charge in [0.2, 0.25) is 0 Å². The first kappa shape index (κ1) is 84.6. The lowest BCUT2D eigenvalue weighted by Gasteiger charge is -2.42. The van der Waals surface area contributed by atoms with Crippen molar-refractivity contribution in [2.24, 2.45) is 0 Å². The molecule has 14 heteroatoms. The van der Waals surface area contributed by atoms with E-state index in [9.17, 15) is 0 Å². The van der Waals surface area contributed by atoms with Crippen molar-refractivity contribution in [2.75, 3.05) is 0 Å². The zero-order valence-electron chi connectivity index (χ0n) is 75.1. The number of aromatic nitrogens is 7. The van der Waals surface area contributed by atoms with E-state index in [2.05, 4.69) is 350 Å². The lowest BCUT2D eigenvalue weighted by atomic mass is 9.59. The molecule has 2 fully saturated rings. The smallest absolute Gasteiger partial charge is 0.399 e. The number of hydrogen-bond donors (Lipinski definition) is 0. The molecule has 11 nitrogen and oxygen atoms in total. The topological polar surface area (TPSA) is 127 Å². The van der Waals surface area contributed by atoms with Crippen LogP contribution in [0.4, 0.5) is 0 Å². The molecule has 4 unspecified atom stereocenters. The highest BCUT2D eigenvalue weighted by Gasteiger charge is 2.54. The van der Waals surface area contributed by atoms with Crippen LogP contribution in [0.2, 0.25) is 5.15 Å². The molecular formula is C118H95B2ClN7O4-. The molecule has 640 valence electrons. The first-order valence-corrected chi connectivity index (χ1v) is 45.4. The molecular weight excluding hydrogens is 1640 g/mol. The van der Waals surface area contributed by atoms with Gasteiger partial charge in [0.05, 0.1) is 39.5 Å². The van der Waals surface area contributed by atoms with E-state index in [1.165, 1.54) is 94.6 Å². The van der Waals surface area contributed by atoms with Gasteiger partial charge in [0.1, 0.15) is 5.15 Å². The summed E-state index contributed by atoms with van der Waals surface area (Å²) in [5.41, 5.74) is 34.4. The summed E-state index contributed by atoms with van der Waals surface area (Å²) in [5.74, 6) is 3.72. The highest BCUT2D eigenvalue weighted by atomic mass is 35.5. The fraction of sp³-hybridized carbons (Fsp3) is 0.136. The van der Waals surface area contributed by atoms with Gasteiger partial charge >= 0.3 is 14.2 Å². The number of hydrogen-bond acceptors (Lipinski definition) is 11. The summed E-state index contributed by atoms with van der Waals surface area (Å²) in [4.78, 5) is 34.8. The third kappa shape index (κ3) is 15.7. The van der Waals surface area contributed by atoms with Gasteiger partial charge in [0.15, 0.2) is 29.1 Å². The predicted octanol–water partition coefficient (Wildman–Crippen LogP) is 26.8. The van der Waals surface area contributed by atoms with Crippen LogP contribution in [0.25, 0.3) is 124 Å². The molecule has 3 aromatic heterocycles. The maximum atomic E-state index is 6.42. The van der Waals surface area contributed by atoms with Crippen molar-refractivity contribution in [3.63, 3.8) is 0 Å². The summed E-state index contributed by atoms with van der Waals surface area (Å²) >= 11 is 6.23. The fourth-order valence-corrected chi connectivity index (χ4v) is 19.7. The number of rotatable bonds is 13. The SMILES string of the molecule is CC1(C)OB(c2ccc3c(c2)C2c4ccccc4C3c3cc(B4OC(C)(C)C(C)(C)O4)ccc32)OC1(C)C.Clc1cc(-c2ccc(-c3ccccc3)cc2)nc(-c2ccccc2)n1.[CH3-].c1ccc(-c2ccc(-c3cc(-c4ccc5c(c4)C4c6ccccc6C5c5cc(-c6nc(-c7ccccc7)nc(-c7ccc(-c8ccccc8)cc7)n6)ccc54)nc(-c4ccccc4)n3)cc2)cc1. The van der Waals surface area contributed by atoms with Crippen molar-refractivity contribution in [3.05, 3.63) is 468 Å². The van der Waals surface area contributed by atoms with Crippen LogP contribution in [0.15, 0.2) is 388 Å². The second kappa shape index (κ2) is 34.2. The van der Waals surface area contributed by atoms with Gasteiger partial charge in [-0.05, 0) is 185 Å². The van der Waals surface area contributed by atoms with E-state index in [0.29, 0.717) is 34.3 Å². The zero-order valence-corrected chi connectivity index (χ0v) is 75.8. The Hall–Kier alpha value is -14.3. The average Bonchev–Trinajstić information content (AvgIpc) is 0.992. The van der Waals surface area contributed by atoms with E-state index >= 15 is 0 Å². The van der Waals surface area contributed by atoms with Crippen LogP contribution < -0.4 is 10.9 Å². The minimum Gasteiger partial charge on any atom is -0.399 e. The molecule has 0 amide bonds. The van der Waals surface area contributed by atoms with Crippen molar-refractivity contribution in [3.8, 4) is 124 Å². The van der Waals surface area contributed by atoms with E-state index in [4.69, 9.17) is 55.1 Å². The third-order valence-electron chi connectivity index (χ3n) is 27.7. The Morgan fingerprint density at radius 2 is 0.417 bits per heavy atom. The average molecular weight is 1730 g/mol. The molecule has 4 bridgehead atoms. The normalized spacial score (nSPS) is 17.0. The van der Waals surface area contributed by atoms with Gasteiger partial charge in [-0.25, -0.2) is 34.9 Å². The molecule has 26 rings (SSSR count). The van der Waals surface area contributed by atoms with Crippen molar-refractivity contribution in [1.82, 2.24) is 34.9 Å². The Morgan fingerprint density at radius 3 is 0.765 bits per heavy atom. The summed E-state index contributed by atoms with van der Waals surface area (Å²) in [6.45, 7) is 16.9. The molecule has 15 aromatic carbocycles. The van der Waals surface area contributed by atoms with Gasteiger partial charge in [-0.3, -0.25) is 0 Å². The number of benzene rings is 15. The second-order valence-corrected chi connectivity index (χ2v) is 37.1. The predicted molar refractivity (Wildman–Crippen MR) is 536 cm³/mol. The summed E-state index contributed by atoms with van der Waals surface area (Å²) in [5, 5.41) is 0.441. The van der Waals surface area contributed by atoms with E-state index in [1.54, 1.807) is 6.07 Å². The maximum absolute atomic E-state index is 6.42. The molecule has 4 atom stereocenters. The Bertz CT molecular complexity index is 6990. The second-order valence-electron chi connectivity index (χ2n) is 36.7. The monoisotopic (exact) mass is 1730 g/mol. The molecule has 2 saturated heterocycles. The van der Waals surface area contributed by atoms with Crippen LogP contribution in [-0.4, -0.2) is 71.5 Å². The summed E-state index contributed by atoms with van der Waals surface area (Å²) in [6.07, 6.45) is 0. The molecule has 18 aromatic rings. The minimum atomic E-state index is -0.369. The lowest BCUT2D eigenvalue weighted by molar-refractivity contribution is 0.00578. The number of halogens is 1. The van der Waals surface area contributed by atoms with E-state index in [1.807, 2.05) is 97.1 Å². The highest BCUT2D eigenvalue weighted by Crippen LogP contribution is 2.59. The molecule has 6 aliphatic carbocycles. The Labute approximate surface area is 778 Å². The molecule has 0 saturated carbocycles. The van der Waals surface area contributed by atoms with Crippen LogP contribution in [-0.2, 0) is 18.6 Å². The van der Waals surface area contributed by atoms with Gasteiger partial charge in [0.25, 0.3) is 0 Å². The van der Waals surface area contributed by atoms with Crippen molar-refractivity contribution >= 4 is 36.8 Å². The number of nitrogens with zero attached hydrogens (tertiary/aromatic N) is 7. The minimum absolute atomic E-state index is 0. The molecule has 0 N–H and O–H groups in total. The summed E-state index contributed by atoms with van der Waals surface area (Å²) < 4.78 is 25.7. The third-order valence-corrected chi connectivity index (χ3v) is 27.9. The van der Waals surface area contributed by atoms with Gasteiger partial charge in [-0.2, -0.15) is 0 Å². The van der Waals surface area contributed by atoms with Crippen LogP contribution in [0.3, 0.4) is 0 Å². The fourth-order valence-electron chi connectivity index (χ4n) is 19.5. The van der Waals surface area contributed by atoms with E-state index in [-0.39, 0.29) is 67.7 Å². The lowest BCUT2D eigenvalue weighted by Crippen LogP contribution is -2.41. The van der Waals surface area contributed by atoms with E-state index < -0.39 is 0 Å². The molecule has 132 heavy (non-hydrogen) atoms. The van der Waals surface area contributed by atoms with Crippen LogP contribution in [0.1, 0.15) is 146 Å². The quantitative estimate of drug-likeness (QED) is 0.0622. The summed E-state index contributed by atoms with van der Waals surface area (Å²) in [6, 6.07) is 136. The highest BCUT2D eigenvalue weighted by molar-refractivity contribution is 6.62. The van der Waals surface area contributed by atoms with Crippen LogP contribution in [0, 0.1) is 7.43 Å². The molecule has 2 aliphatic heterocycles. The Balaban J connectivity index is 0.000000137. The van der Waals surface area contributed by atoms with Gasteiger partial charge in [0, 0.05) is 74.2 Å². The first-order chi connectivity index (χ1) is 63.8. The maximum Gasteiger partial charge on any atom is 0.494 e. The van der Waals surface area contributed by atoms with Crippen molar-refractivity contribution in [1.29, 1.82) is 0 Å². The molecule has 0 radical (unpaired) electrons. The first-order valence-electron chi connectivity index (χ1n) is 45.1. The van der Waals surface area contributed by atoms with Crippen LogP contribution >= 0.6 is 11.6 Å². The van der Waals surface area contributed by atoms with E-state index in [0.717, 1.165) is 78.1 Å². The molecule has 0 spiro atoms. The van der Waals surface area contributed by atoms with Crippen molar-refractivity contribution < 1.29 is 18.6 Å².